The van der Waals surface area contributed by atoms with Crippen LogP contribution in [0.15, 0.2) is 53.7 Å². The summed E-state index contributed by atoms with van der Waals surface area (Å²) in [4.78, 5) is 26.6. The van der Waals surface area contributed by atoms with Gasteiger partial charge in [0, 0.05) is 11.1 Å². The lowest BCUT2D eigenvalue weighted by Crippen LogP contribution is -2.33. The average molecular weight is 451 g/mol. The molecule has 0 bridgehead atoms. The second kappa shape index (κ2) is 8.99. The summed E-state index contributed by atoms with van der Waals surface area (Å²) in [5, 5.41) is 14.5. The Morgan fingerprint density at radius 1 is 0.939 bits per heavy atom. The SMILES string of the molecule is COC(=O)C1=C(C(=O)c2ccc(OC)c(OC)c2)[C@@H](c2ccccc2OC)n2nnnc2N1. The van der Waals surface area contributed by atoms with E-state index in [0.29, 0.717) is 22.8 Å². The number of nitrogens with one attached hydrogen (secondary N) is 1. The van der Waals surface area contributed by atoms with Gasteiger partial charge in [0.15, 0.2) is 17.3 Å². The van der Waals surface area contributed by atoms with E-state index in [1.807, 2.05) is 0 Å². The van der Waals surface area contributed by atoms with Gasteiger partial charge >= 0.3 is 5.97 Å². The van der Waals surface area contributed by atoms with E-state index >= 15 is 0 Å². The Labute approximate surface area is 188 Å². The zero-order valence-electron chi connectivity index (χ0n) is 18.4. The van der Waals surface area contributed by atoms with E-state index in [4.69, 9.17) is 18.9 Å². The van der Waals surface area contributed by atoms with Crippen LogP contribution in [0, 0.1) is 0 Å². The number of carbonyl (C=O) groups excluding carboxylic acids is 2. The molecule has 0 radical (unpaired) electrons. The van der Waals surface area contributed by atoms with Crippen molar-refractivity contribution in [2.24, 2.45) is 0 Å². The number of carbonyl (C=O) groups is 2. The third-order valence-electron chi connectivity index (χ3n) is 5.23. The molecule has 1 aromatic heterocycles. The maximum atomic E-state index is 13.9. The molecule has 1 N–H and O–H groups in total. The van der Waals surface area contributed by atoms with E-state index in [0.717, 1.165) is 0 Å². The van der Waals surface area contributed by atoms with Gasteiger partial charge in [-0.05, 0) is 34.7 Å². The fraction of sp³-hybridized carbons (Fsp3) is 0.227. The number of tetrazole rings is 1. The molecule has 1 aliphatic heterocycles. The first kappa shape index (κ1) is 21.8. The van der Waals surface area contributed by atoms with Gasteiger partial charge in [0.1, 0.15) is 17.5 Å². The molecule has 0 amide bonds. The Kier molecular flexibility index (Phi) is 5.94. The summed E-state index contributed by atoms with van der Waals surface area (Å²) in [6.07, 6.45) is 0. The van der Waals surface area contributed by atoms with E-state index in [2.05, 4.69) is 20.8 Å². The van der Waals surface area contributed by atoms with Gasteiger partial charge in [-0.3, -0.25) is 4.79 Å². The number of rotatable bonds is 7. The molecule has 0 spiro atoms. The minimum absolute atomic E-state index is 0.0736. The predicted molar refractivity (Wildman–Crippen MR) is 115 cm³/mol. The molecule has 11 nitrogen and oxygen atoms in total. The van der Waals surface area contributed by atoms with Gasteiger partial charge in [0.2, 0.25) is 5.95 Å². The topological polar surface area (TPSA) is 127 Å². The van der Waals surface area contributed by atoms with Gasteiger partial charge in [0.05, 0.1) is 34.0 Å². The first-order valence-electron chi connectivity index (χ1n) is 9.81. The highest BCUT2D eigenvalue weighted by Crippen LogP contribution is 2.40. The Hall–Kier alpha value is -4.41. The molecule has 2 heterocycles. The summed E-state index contributed by atoms with van der Waals surface area (Å²) in [7, 11) is 5.71. The number of ketones is 1. The number of hydrogen-bond donors (Lipinski definition) is 1. The van der Waals surface area contributed by atoms with Crippen LogP contribution in [0.2, 0.25) is 0 Å². The molecule has 0 saturated heterocycles. The Morgan fingerprint density at radius 2 is 1.67 bits per heavy atom. The molecule has 3 aromatic rings. The largest absolute Gasteiger partial charge is 0.496 e. The summed E-state index contributed by atoms with van der Waals surface area (Å²) in [5.74, 6) is 0.294. The Morgan fingerprint density at radius 3 is 2.36 bits per heavy atom. The third-order valence-corrected chi connectivity index (χ3v) is 5.23. The first-order chi connectivity index (χ1) is 16.0. The number of methoxy groups -OCH3 is 4. The van der Waals surface area contributed by atoms with Crippen molar-refractivity contribution in [3.05, 3.63) is 64.9 Å². The van der Waals surface area contributed by atoms with Crippen LogP contribution in [0.1, 0.15) is 22.0 Å². The van der Waals surface area contributed by atoms with Gasteiger partial charge in [-0.15, -0.1) is 0 Å². The van der Waals surface area contributed by atoms with Gasteiger partial charge in [-0.25, -0.2) is 4.79 Å². The second-order valence-corrected chi connectivity index (χ2v) is 6.90. The summed E-state index contributed by atoms with van der Waals surface area (Å²) in [6.45, 7) is 0. The van der Waals surface area contributed by atoms with Crippen molar-refractivity contribution in [3.63, 3.8) is 0 Å². The van der Waals surface area contributed by atoms with E-state index in [-0.39, 0.29) is 22.8 Å². The number of nitrogens with zero attached hydrogens (tertiary/aromatic N) is 4. The van der Waals surface area contributed by atoms with Crippen LogP contribution < -0.4 is 19.5 Å². The lowest BCUT2D eigenvalue weighted by molar-refractivity contribution is -0.136. The van der Waals surface area contributed by atoms with Crippen LogP contribution >= 0.6 is 0 Å². The van der Waals surface area contributed by atoms with Crippen LogP contribution in [0.25, 0.3) is 0 Å². The van der Waals surface area contributed by atoms with E-state index in [1.165, 1.54) is 39.2 Å². The van der Waals surface area contributed by atoms with Crippen molar-refractivity contribution < 1.29 is 28.5 Å². The molecule has 33 heavy (non-hydrogen) atoms. The summed E-state index contributed by atoms with van der Waals surface area (Å²) >= 11 is 0. The highest BCUT2D eigenvalue weighted by atomic mass is 16.5. The Balaban J connectivity index is 1.96. The number of anilines is 1. The number of ether oxygens (including phenoxy) is 4. The van der Waals surface area contributed by atoms with Gasteiger partial charge in [-0.1, -0.05) is 23.3 Å². The van der Waals surface area contributed by atoms with E-state index in [1.54, 1.807) is 36.4 Å². The maximum Gasteiger partial charge on any atom is 0.355 e. The lowest BCUT2D eigenvalue weighted by Gasteiger charge is -2.29. The van der Waals surface area contributed by atoms with Crippen LogP contribution in [-0.2, 0) is 9.53 Å². The highest BCUT2D eigenvalue weighted by molar-refractivity contribution is 6.15. The van der Waals surface area contributed by atoms with Gasteiger partial charge in [-0.2, -0.15) is 4.68 Å². The number of aromatic nitrogens is 4. The van der Waals surface area contributed by atoms with Crippen molar-refractivity contribution >= 4 is 17.7 Å². The predicted octanol–water partition coefficient (Wildman–Crippen LogP) is 2.02. The molecule has 0 aliphatic carbocycles. The maximum absolute atomic E-state index is 13.9. The molecular formula is C22H21N5O6. The van der Waals surface area contributed by atoms with Crippen molar-refractivity contribution in [3.8, 4) is 17.2 Å². The van der Waals surface area contributed by atoms with E-state index in [9.17, 15) is 9.59 Å². The first-order valence-corrected chi connectivity index (χ1v) is 9.81. The van der Waals surface area contributed by atoms with Crippen molar-refractivity contribution in [2.75, 3.05) is 33.8 Å². The van der Waals surface area contributed by atoms with Crippen LogP contribution in [0.3, 0.4) is 0 Å². The average Bonchev–Trinajstić information content (AvgIpc) is 3.34. The molecular weight excluding hydrogens is 430 g/mol. The number of fused-ring (bicyclic) bond motifs is 1. The molecule has 4 rings (SSSR count). The molecule has 11 heteroatoms. The molecule has 2 aromatic carbocycles. The van der Waals surface area contributed by atoms with Crippen LogP contribution in [0.4, 0.5) is 5.95 Å². The van der Waals surface area contributed by atoms with E-state index < -0.39 is 17.8 Å². The zero-order valence-corrected chi connectivity index (χ0v) is 18.4. The smallest absolute Gasteiger partial charge is 0.355 e. The molecule has 0 saturated carbocycles. The molecule has 1 atom stereocenters. The minimum Gasteiger partial charge on any atom is -0.496 e. The fourth-order valence-corrected chi connectivity index (χ4v) is 3.70. The number of benzene rings is 2. The second-order valence-electron chi connectivity index (χ2n) is 6.90. The summed E-state index contributed by atoms with van der Waals surface area (Å²) < 4.78 is 22.5. The fourth-order valence-electron chi connectivity index (χ4n) is 3.70. The van der Waals surface area contributed by atoms with Crippen LogP contribution in [0.5, 0.6) is 17.2 Å². The molecule has 0 fully saturated rings. The lowest BCUT2D eigenvalue weighted by atomic mass is 9.89. The summed E-state index contributed by atoms with van der Waals surface area (Å²) in [5.41, 5.74) is 0.858. The molecule has 0 unspecified atom stereocenters. The minimum atomic E-state index is -0.873. The summed E-state index contributed by atoms with van der Waals surface area (Å²) in [6, 6.07) is 11.0. The van der Waals surface area contributed by atoms with Crippen molar-refractivity contribution in [1.29, 1.82) is 0 Å². The Bertz CT molecular complexity index is 1250. The van der Waals surface area contributed by atoms with Gasteiger partial charge < -0.3 is 24.3 Å². The molecule has 1 aliphatic rings. The number of para-hydroxylation sites is 1. The number of Topliss-reactive ketones (excluding diaryl/α,β-unsaturated/α-hetero) is 1. The highest BCUT2D eigenvalue weighted by Gasteiger charge is 2.39. The van der Waals surface area contributed by atoms with Crippen LogP contribution in [-0.4, -0.2) is 60.4 Å². The van der Waals surface area contributed by atoms with Gasteiger partial charge in [0.25, 0.3) is 0 Å². The van der Waals surface area contributed by atoms with Crippen molar-refractivity contribution in [2.45, 2.75) is 6.04 Å². The standard InChI is InChI=1S/C22H21N5O6/c1-30-14-8-6-5-7-13(14)19-17(18(21(29)33-4)23-22-24-25-26-27(19)22)20(28)12-9-10-15(31-2)16(11-12)32-3/h5-11,19H,1-4H3,(H,23,24,26)/t19-/m1/s1. The normalized spacial score (nSPS) is 14.7. The number of allylic oxidation sites excluding steroid dienone is 1. The third kappa shape index (κ3) is 3.73. The quantitative estimate of drug-likeness (QED) is 0.421. The number of hydrogen-bond acceptors (Lipinski definition) is 10. The van der Waals surface area contributed by atoms with Crippen molar-refractivity contribution in [1.82, 2.24) is 20.2 Å². The zero-order chi connectivity index (χ0) is 23.5. The number of esters is 1. The molecule has 170 valence electrons. The monoisotopic (exact) mass is 451 g/mol.